The maximum Gasteiger partial charge on any atom is 0.209 e. The number of para-hydroxylation sites is 1. The van der Waals surface area contributed by atoms with Crippen LogP contribution in [-0.4, -0.2) is 52.0 Å². The summed E-state index contributed by atoms with van der Waals surface area (Å²) in [5, 5.41) is 11.4. The number of nitrogens with one attached hydrogen (secondary N) is 1. The molecule has 0 radical (unpaired) electrons. The molecule has 0 bridgehead atoms. The third-order valence-electron chi connectivity index (χ3n) is 6.99. The summed E-state index contributed by atoms with van der Waals surface area (Å²) >= 11 is 0. The van der Waals surface area contributed by atoms with Crippen LogP contribution in [-0.2, 0) is 36.1 Å². The Hall–Kier alpha value is -2.75. The quantitative estimate of drug-likeness (QED) is 0.423. The van der Waals surface area contributed by atoms with Crippen molar-refractivity contribution in [3.05, 3.63) is 59.7 Å². The monoisotopic (exact) mass is 494 g/mol. The van der Waals surface area contributed by atoms with Crippen molar-refractivity contribution in [3.63, 3.8) is 0 Å². The molecule has 35 heavy (non-hydrogen) atoms. The van der Waals surface area contributed by atoms with Gasteiger partial charge >= 0.3 is 0 Å². The highest BCUT2D eigenvalue weighted by molar-refractivity contribution is 7.88. The van der Waals surface area contributed by atoms with Crippen LogP contribution in [0.1, 0.15) is 44.0 Å². The summed E-state index contributed by atoms with van der Waals surface area (Å²) in [7, 11) is -3.36. The molecule has 4 aromatic rings. The highest BCUT2D eigenvalue weighted by atomic mass is 32.2. The van der Waals surface area contributed by atoms with Gasteiger partial charge in [-0.05, 0) is 36.6 Å². The smallest absolute Gasteiger partial charge is 0.209 e. The van der Waals surface area contributed by atoms with Crippen molar-refractivity contribution in [2.24, 2.45) is 5.92 Å². The Labute approximate surface area is 207 Å². The molecule has 0 amide bonds. The Morgan fingerprint density at radius 2 is 1.77 bits per heavy atom. The molecule has 1 N–H and O–H groups in total. The number of fused-ring (bicyclic) bond motifs is 4. The fraction of sp³-hybridized carbons (Fsp3) is 0.462. The second-order valence-electron chi connectivity index (χ2n) is 9.88. The van der Waals surface area contributed by atoms with E-state index in [1.165, 1.54) is 33.6 Å². The zero-order valence-corrected chi connectivity index (χ0v) is 21.7. The minimum absolute atomic E-state index is 0.0642. The van der Waals surface area contributed by atoms with E-state index in [9.17, 15) is 8.42 Å². The minimum atomic E-state index is -3.36. The predicted octanol–water partition coefficient (Wildman–Crippen LogP) is 3.71. The van der Waals surface area contributed by atoms with Gasteiger partial charge in [0, 0.05) is 61.0 Å². The summed E-state index contributed by atoms with van der Waals surface area (Å²) in [6, 6.07) is 15.1. The third kappa shape index (κ3) is 4.72. The second kappa shape index (κ2) is 9.37. The molecular weight excluding hydrogens is 460 g/mol. The van der Waals surface area contributed by atoms with E-state index in [4.69, 9.17) is 0 Å². The van der Waals surface area contributed by atoms with Gasteiger partial charge in [-0.15, -0.1) is 10.2 Å². The zero-order valence-electron chi connectivity index (χ0n) is 20.9. The molecule has 1 atom stereocenters. The molecule has 1 unspecified atom stereocenters. The van der Waals surface area contributed by atoms with Crippen LogP contribution in [0.15, 0.2) is 42.5 Å². The number of hydrogen-bond acceptors (Lipinski definition) is 5. The summed E-state index contributed by atoms with van der Waals surface area (Å²) in [6.45, 7) is 10.5. The van der Waals surface area contributed by atoms with Gasteiger partial charge in [0.15, 0.2) is 5.82 Å². The summed E-state index contributed by atoms with van der Waals surface area (Å²) in [5.41, 5.74) is 3.86. The van der Waals surface area contributed by atoms with E-state index in [1.54, 1.807) is 0 Å². The van der Waals surface area contributed by atoms with Crippen molar-refractivity contribution in [3.8, 4) is 0 Å². The molecule has 0 saturated carbocycles. The molecule has 2 aromatic carbocycles. The van der Waals surface area contributed by atoms with Crippen LogP contribution in [0.2, 0.25) is 0 Å². The normalized spacial score (nSPS) is 16.1. The van der Waals surface area contributed by atoms with Crippen molar-refractivity contribution in [2.45, 2.75) is 52.9 Å². The van der Waals surface area contributed by atoms with Gasteiger partial charge in [-0.2, -0.15) is 0 Å². The summed E-state index contributed by atoms with van der Waals surface area (Å²) in [5.74, 6) is 1.69. The third-order valence-corrected chi connectivity index (χ3v) is 7.67. The number of aryl methyl sites for hydroxylation is 1. The maximum absolute atomic E-state index is 11.9. The molecule has 0 aliphatic carbocycles. The van der Waals surface area contributed by atoms with E-state index >= 15 is 0 Å². The summed E-state index contributed by atoms with van der Waals surface area (Å²) in [6.07, 6.45) is 1.98. The van der Waals surface area contributed by atoms with Crippen molar-refractivity contribution < 1.29 is 8.42 Å². The van der Waals surface area contributed by atoms with Gasteiger partial charge in [0.25, 0.3) is 0 Å². The summed E-state index contributed by atoms with van der Waals surface area (Å²) < 4.78 is 31.1. The molecular formula is C26H34N6O2S. The van der Waals surface area contributed by atoms with E-state index in [0.29, 0.717) is 5.82 Å². The largest absolute Gasteiger partial charge is 0.341 e. The lowest BCUT2D eigenvalue weighted by Crippen LogP contribution is -2.33. The van der Waals surface area contributed by atoms with Crippen LogP contribution < -0.4 is 4.72 Å². The van der Waals surface area contributed by atoms with Gasteiger partial charge in [-0.3, -0.25) is 4.90 Å². The van der Waals surface area contributed by atoms with Gasteiger partial charge in [0.05, 0.1) is 12.3 Å². The lowest BCUT2D eigenvalue weighted by Gasteiger charge is -2.22. The van der Waals surface area contributed by atoms with Gasteiger partial charge in [-0.25, -0.2) is 13.1 Å². The molecule has 3 heterocycles. The van der Waals surface area contributed by atoms with Gasteiger partial charge < -0.3 is 9.13 Å². The SMILES string of the molecule is CCn1c2ccccc2c2cc(CN3CCc4nnc(C(NS(C)(=O)=O)C(C)C)n4CC3)ccc21. The maximum atomic E-state index is 11.9. The average molecular weight is 495 g/mol. The number of aromatic nitrogens is 4. The highest BCUT2D eigenvalue weighted by Crippen LogP contribution is 2.30. The Balaban J connectivity index is 1.37. The van der Waals surface area contributed by atoms with E-state index < -0.39 is 16.1 Å². The number of rotatable bonds is 7. The Morgan fingerprint density at radius 1 is 1.00 bits per heavy atom. The van der Waals surface area contributed by atoms with Gasteiger partial charge in [-0.1, -0.05) is 38.1 Å². The molecule has 8 nitrogen and oxygen atoms in total. The predicted molar refractivity (Wildman–Crippen MR) is 140 cm³/mol. The van der Waals surface area contributed by atoms with Gasteiger partial charge in [0.2, 0.25) is 10.0 Å². The fourth-order valence-corrected chi connectivity index (χ4v) is 6.13. The van der Waals surface area contributed by atoms with Crippen LogP contribution in [0, 0.1) is 5.92 Å². The fourth-order valence-electron chi connectivity index (χ4n) is 5.29. The molecule has 9 heteroatoms. The first-order valence-electron chi connectivity index (χ1n) is 12.4. The number of nitrogens with zero attached hydrogens (tertiary/aromatic N) is 5. The summed E-state index contributed by atoms with van der Waals surface area (Å²) in [4.78, 5) is 2.45. The molecule has 1 aliphatic rings. The van der Waals surface area contributed by atoms with E-state index in [1.807, 2.05) is 13.8 Å². The van der Waals surface area contributed by atoms with Gasteiger partial charge in [0.1, 0.15) is 5.82 Å². The Morgan fingerprint density at radius 3 is 2.51 bits per heavy atom. The topological polar surface area (TPSA) is 85.1 Å². The lowest BCUT2D eigenvalue weighted by atomic mass is 10.1. The molecule has 5 rings (SSSR count). The Bertz CT molecular complexity index is 1470. The first-order valence-corrected chi connectivity index (χ1v) is 14.3. The van der Waals surface area contributed by atoms with Crippen molar-refractivity contribution >= 4 is 31.8 Å². The molecule has 2 aromatic heterocycles. The lowest BCUT2D eigenvalue weighted by molar-refractivity contribution is 0.269. The Kier molecular flexibility index (Phi) is 6.41. The number of benzene rings is 2. The second-order valence-corrected chi connectivity index (χ2v) is 11.7. The zero-order chi connectivity index (χ0) is 24.7. The average Bonchev–Trinajstić information content (AvgIpc) is 3.29. The first-order chi connectivity index (χ1) is 16.7. The van der Waals surface area contributed by atoms with E-state index in [-0.39, 0.29) is 5.92 Å². The van der Waals surface area contributed by atoms with Crippen LogP contribution >= 0.6 is 0 Å². The highest BCUT2D eigenvalue weighted by Gasteiger charge is 2.28. The van der Waals surface area contributed by atoms with Crippen molar-refractivity contribution in [2.75, 3.05) is 19.3 Å². The van der Waals surface area contributed by atoms with Crippen LogP contribution in [0.25, 0.3) is 21.8 Å². The van der Waals surface area contributed by atoms with Crippen LogP contribution in [0.4, 0.5) is 0 Å². The molecule has 186 valence electrons. The molecule has 0 spiro atoms. The standard InChI is InChI=1S/C26H34N6O2S/c1-5-31-22-9-7-6-8-20(22)21-16-19(10-11-23(21)31)17-30-13-12-24-27-28-26(32(24)15-14-30)25(18(2)3)29-35(4,33)34/h6-11,16,18,25,29H,5,12-15,17H2,1-4H3. The first kappa shape index (κ1) is 24.0. The van der Waals surface area contributed by atoms with Crippen molar-refractivity contribution in [1.82, 2.24) is 29.0 Å². The van der Waals surface area contributed by atoms with Crippen molar-refractivity contribution in [1.29, 1.82) is 0 Å². The molecule has 0 fully saturated rings. The number of sulfonamides is 1. The van der Waals surface area contributed by atoms with E-state index in [0.717, 1.165) is 45.0 Å². The molecule has 1 aliphatic heterocycles. The molecule has 0 saturated heterocycles. The number of hydrogen-bond donors (Lipinski definition) is 1. The van der Waals surface area contributed by atoms with Crippen LogP contribution in [0.5, 0.6) is 0 Å². The van der Waals surface area contributed by atoms with E-state index in [2.05, 4.69) is 78.3 Å². The minimum Gasteiger partial charge on any atom is -0.341 e. The van der Waals surface area contributed by atoms with Crippen LogP contribution in [0.3, 0.4) is 0 Å².